The summed E-state index contributed by atoms with van der Waals surface area (Å²) in [5.41, 5.74) is 0. The van der Waals surface area contributed by atoms with Gasteiger partial charge in [0.25, 0.3) is 0 Å². The van der Waals surface area contributed by atoms with E-state index in [4.69, 9.17) is 6.42 Å². The van der Waals surface area contributed by atoms with Gasteiger partial charge in [-0.25, -0.2) is 4.98 Å². The fourth-order valence-corrected chi connectivity index (χ4v) is 1.10. The van der Waals surface area contributed by atoms with E-state index >= 15 is 0 Å². The van der Waals surface area contributed by atoms with E-state index in [0.29, 0.717) is 6.42 Å². The largest absolute Gasteiger partial charge is 0.369 e. The standard InChI is InChI=1S/C9H9BrN2/c1-2-3-5-11-9-7-8(10)4-6-12-9/h1,4,6-7H,3,5H2,(H,11,12). The normalized spacial score (nSPS) is 9.00. The van der Waals surface area contributed by atoms with Crippen molar-refractivity contribution in [3.63, 3.8) is 0 Å². The van der Waals surface area contributed by atoms with Crippen LogP contribution < -0.4 is 5.32 Å². The first-order chi connectivity index (χ1) is 5.83. The molecule has 1 N–H and O–H groups in total. The predicted molar refractivity (Wildman–Crippen MR) is 53.9 cm³/mol. The van der Waals surface area contributed by atoms with Crippen molar-refractivity contribution in [3.05, 3.63) is 22.8 Å². The van der Waals surface area contributed by atoms with Crippen LogP contribution in [0, 0.1) is 12.3 Å². The molecular formula is C9H9BrN2. The maximum Gasteiger partial charge on any atom is 0.127 e. The average molecular weight is 225 g/mol. The van der Waals surface area contributed by atoms with Gasteiger partial charge in [0.1, 0.15) is 5.82 Å². The van der Waals surface area contributed by atoms with Crippen LogP contribution >= 0.6 is 15.9 Å². The van der Waals surface area contributed by atoms with Crippen LogP contribution in [0.15, 0.2) is 22.8 Å². The van der Waals surface area contributed by atoms with Gasteiger partial charge in [-0.15, -0.1) is 12.3 Å². The molecule has 0 aromatic carbocycles. The van der Waals surface area contributed by atoms with Gasteiger partial charge in [-0.1, -0.05) is 15.9 Å². The second-order valence-corrected chi connectivity index (χ2v) is 3.16. The molecule has 12 heavy (non-hydrogen) atoms. The summed E-state index contributed by atoms with van der Waals surface area (Å²) in [6, 6.07) is 3.79. The summed E-state index contributed by atoms with van der Waals surface area (Å²) in [6.45, 7) is 0.764. The molecule has 0 fully saturated rings. The molecule has 0 saturated heterocycles. The van der Waals surface area contributed by atoms with Crippen molar-refractivity contribution < 1.29 is 0 Å². The van der Waals surface area contributed by atoms with E-state index in [1.54, 1.807) is 6.20 Å². The molecule has 0 aliphatic carbocycles. The van der Waals surface area contributed by atoms with Crippen molar-refractivity contribution in [3.8, 4) is 12.3 Å². The predicted octanol–water partition coefficient (Wildman–Crippen LogP) is 2.28. The molecule has 0 amide bonds. The Morgan fingerprint density at radius 1 is 1.67 bits per heavy atom. The van der Waals surface area contributed by atoms with E-state index in [-0.39, 0.29) is 0 Å². The topological polar surface area (TPSA) is 24.9 Å². The number of rotatable bonds is 3. The smallest absolute Gasteiger partial charge is 0.127 e. The number of aromatic nitrogens is 1. The SMILES string of the molecule is C#CCCNc1cc(Br)ccn1. The Morgan fingerprint density at radius 2 is 2.50 bits per heavy atom. The number of pyridine rings is 1. The highest BCUT2D eigenvalue weighted by Gasteiger charge is 1.91. The molecule has 1 rings (SSSR count). The second-order valence-electron chi connectivity index (χ2n) is 2.24. The van der Waals surface area contributed by atoms with Crippen LogP contribution in [-0.4, -0.2) is 11.5 Å². The van der Waals surface area contributed by atoms with Gasteiger partial charge in [-0.3, -0.25) is 0 Å². The average Bonchev–Trinajstić information content (AvgIpc) is 2.05. The fourth-order valence-electron chi connectivity index (χ4n) is 0.764. The number of halogens is 1. The lowest BCUT2D eigenvalue weighted by Gasteiger charge is -2.01. The third-order valence-electron chi connectivity index (χ3n) is 1.30. The van der Waals surface area contributed by atoms with Crippen LogP contribution in [0.25, 0.3) is 0 Å². The highest BCUT2D eigenvalue weighted by atomic mass is 79.9. The second kappa shape index (κ2) is 4.78. The van der Waals surface area contributed by atoms with Crippen LogP contribution in [0.5, 0.6) is 0 Å². The Hall–Kier alpha value is -1.01. The fraction of sp³-hybridized carbons (Fsp3) is 0.222. The van der Waals surface area contributed by atoms with E-state index < -0.39 is 0 Å². The first kappa shape index (κ1) is 9.08. The molecule has 1 heterocycles. The van der Waals surface area contributed by atoms with Crippen molar-refractivity contribution in [1.82, 2.24) is 4.98 Å². The van der Waals surface area contributed by atoms with Gasteiger partial charge >= 0.3 is 0 Å². The Kier molecular flexibility index (Phi) is 3.62. The van der Waals surface area contributed by atoms with Crippen molar-refractivity contribution in [1.29, 1.82) is 0 Å². The van der Waals surface area contributed by atoms with Crippen molar-refractivity contribution in [2.45, 2.75) is 6.42 Å². The number of hydrogen-bond donors (Lipinski definition) is 1. The maximum atomic E-state index is 5.10. The zero-order valence-electron chi connectivity index (χ0n) is 6.55. The molecule has 3 heteroatoms. The quantitative estimate of drug-likeness (QED) is 0.630. The van der Waals surface area contributed by atoms with Crippen LogP contribution in [0.1, 0.15) is 6.42 Å². The molecule has 0 spiro atoms. The number of hydrogen-bond acceptors (Lipinski definition) is 2. The van der Waals surface area contributed by atoms with Gasteiger partial charge in [-0.2, -0.15) is 0 Å². The van der Waals surface area contributed by atoms with Gasteiger partial charge in [0.05, 0.1) is 0 Å². The molecule has 0 bridgehead atoms. The van der Waals surface area contributed by atoms with Gasteiger partial charge in [0, 0.05) is 23.6 Å². The lowest BCUT2D eigenvalue weighted by Crippen LogP contribution is -2.01. The molecule has 0 saturated carbocycles. The number of terminal acetylenes is 1. The molecule has 0 radical (unpaired) electrons. The molecule has 1 aromatic heterocycles. The maximum absolute atomic E-state index is 5.10. The molecule has 0 aliphatic rings. The molecule has 62 valence electrons. The minimum Gasteiger partial charge on any atom is -0.369 e. The number of nitrogens with zero attached hydrogens (tertiary/aromatic N) is 1. The zero-order chi connectivity index (χ0) is 8.81. The van der Waals surface area contributed by atoms with Gasteiger partial charge < -0.3 is 5.32 Å². The van der Waals surface area contributed by atoms with Gasteiger partial charge in [0.2, 0.25) is 0 Å². The van der Waals surface area contributed by atoms with Crippen molar-refractivity contribution in [2.24, 2.45) is 0 Å². The minimum atomic E-state index is 0.716. The van der Waals surface area contributed by atoms with E-state index in [2.05, 4.69) is 32.2 Å². The van der Waals surface area contributed by atoms with E-state index in [9.17, 15) is 0 Å². The molecule has 1 aromatic rings. The lowest BCUT2D eigenvalue weighted by molar-refractivity contribution is 1.07. The van der Waals surface area contributed by atoms with Gasteiger partial charge in [-0.05, 0) is 12.1 Å². The summed E-state index contributed by atoms with van der Waals surface area (Å²) in [4.78, 5) is 4.10. The van der Waals surface area contributed by atoms with E-state index in [1.807, 2.05) is 12.1 Å². The molecule has 2 nitrogen and oxygen atoms in total. The van der Waals surface area contributed by atoms with Crippen molar-refractivity contribution >= 4 is 21.7 Å². The molecular weight excluding hydrogens is 216 g/mol. The number of anilines is 1. The zero-order valence-corrected chi connectivity index (χ0v) is 8.13. The third-order valence-corrected chi connectivity index (χ3v) is 1.79. The Morgan fingerprint density at radius 3 is 3.17 bits per heavy atom. The first-order valence-electron chi connectivity index (χ1n) is 3.62. The summed E-state index contributed by atoms with van der Waals surface area (Å²) >= 11 is 3.35. The summed E-state index contributed by atoms with van der Waals surface area (Å²) in [5.74, 6) is 3.40. The summed E-state index contributed by atoms with van der Waals surface area (Å²) in [7, 11) is 0. The van der Waals surface area contributed by atoms with Crippen LogP contribution in [-0.2, 0) is 0 Å². The monoisotopic (exact) mass is 224 g/mol. The molecule has 0 unspecified atom stereocenters. The lowest BCUT2D eigenvalue weighted by atomic mass is 10.4. The summed E-state index contributed by atoms with van der Waals surface area (Å²) < 4.78 is 1.01. The van der Waals surface area contributed by atoms with Gasteiger partial charge in [0.15, 0.2) is 0 Å². The van der Waals surface area contributed by atoms with Crippen LogP contribution in [0.4, 0.5) is 5.82 Å². The molecule has 0 atom stereocenters. The van der Waals surface area contributed by atoms with E-state index in [0.717, 1.165) is 16.8 Å². The third kappa shape index (κ3) is 2.93. The first-order valence-corrected chi connectivity index (χ1v) is 4.41. The summed E-state index contributed by atoms with van der Waals surface area (Å²) in [5, 5.41) is 3.10. The highest BCUT2D eigenvalue weighted by Crippen LogP contribution is 2.12. The Bertz CT molecular complexity index is 291. The minimum absolute atomic E-state index is 0.716. The van der Waals surface area contributed by atoms with E-state index in [1.165, 1.54) is 0 Å². The Balaban J connectivity index is 2.48. The van der Waals surface area contributed by atoms with Crippen LogP contribution in [0.3, 0.4) is 0 Å². The number of nitrogens with one attached hydrogen (secondary N) is 1. The molecule has 0 aliphatic heterocycles. The Labute approximate surface area is 80.5 Å². The van der Waals surface area contributed by atoms with Crippen molar-refractivity contribution in [2.75, 3.05) is 11.9 Å². The summed E-state index contributed by atoms with van der Waals surface area (Å²) in [6.07, 6.45) is 7.56. The van der Waals surface area contributed by atoms with Crippen LogP contribution in [0.2, 0.25) is 0 Å². The highest BCUT2D eigenvalue weighted by molar-refractivity contribution is 9.10.